The zero-order chi connectivity index (χ0) is 17.9. The van der Waals surface area contributed by atoms with Gasteiger partial charge in [-0.3, -0.25) is 4.79 Å². The molecule has 0 bridgehead atoms. The van der Waals surface area contributed by atoms with Gasteiger partial charge in [-0.2, -0.15) is 0 Å². The average Bonchev–Trinajstić information content (AvgIpc) is 2.97. The van der Waals surface area contributed by atoms with E-state index >= 15 is 0 Å². The molecule has 1 amide bonds. The maximum absolute atomic E-state index is 13.0. The minimum atomic E-state index is -0.00275. The van der Waals surface area contributed by atoms with Crippen LogP contribution in [0.2, 0.25) is 0 Å². The molecule has 3 rings (SSSR count). The van der Waals surface area contributed by atoms with Crippen LogP contribution in [-0.4, -0.2) is 65.7 Å². The van der Waals surface area contributed by atoms with Crippen LogP contribution in [0.5, 0.6) is 0 Å². The third-order valence-electron chi connectivity index (χ3n) is 5.26. The number of aromatic nitrogens is 1. The summed E-state index contributed by atoms with van der Waals surface area (Å²) >= 11 is 0. The van der Waals surface area contributed by atoms with Gasteiger partial charge >= 0.3 is 0 Å². The average molecular weight is 348 g/mol. The second kappa shape index (κ2) is 7.92. The SMILES string of the molecule is CC(C)(C)n1ccc(C(=O)N2CCCO[C@H](CN3CCCCC3)C2)c1. The first-order valence-electron chi connectivity index (χ1n) is 9.75. The van der Waals surface area contributed by atoms with Gasteiger partial charge in [-0.15, -0.1) is 0 Å². The summed E-state index contributed by atoms with van der Waals surface area (Å²) in [5.74, 6) is 0.136. The van der Waals surface area contributed by atoms with E-state index in [0.717, 1.165) is 31.7 Å². The van der Waals surface area contributed by atoms with Gasteiger partial charge in [0.2, 0.25) is 0 Å². The van der Waals surface area contributed by atoms with Gasteiger partial charge in [0.05, 0.1) is 11.7 Å². The molecule has 0 aliphatic carbocycles. The number of piperidine rings is 1. The molecule has 0 radical (unpaired) electrons. The van der Waals surface area contributed by atoms with E-state index in [4.69, 9.17) is 4.74 Å². The van der Waals surface area contributed by atoms with E-state index in [2.05, 4.69) is 30.2 Å². The third kappa shape index (κ3) is 4.85. The number of nitrogens with zero attached hydrogens (tertiary/aromatic N) is 3. The Morgan fingerprint density at radius 3 is 2.60 bits per heavy atom. The molecule has 1 atom stereocenters. The Hall–Kier alpha value is -1.33. The van der Waals surface area contributed by atoms with E-state index in [1.807, 2.05) is 23.4 Å². The number of carbonyl (C=O) groups is 1. The van der Waals surface area contributed by atoms with E-state index in [1.165, 1.54) is 32.4 Å². The monoisotopic (exact) mass is 347 g/mol. The first-order valence-corrected chi connectivity index (χ1v) is 9.75. The number of likely N-dealkylation sites (tertiary alicyclic amines) is 1. The van der Waals surface area contributed by atoms with Crippen molar-refractivity contribution in [3.8, 4) is 0 Å². The van der Waals surface area contributed by atoms with Crippen LogP contribution in [0.25, 0.3) is 0 Å². The van der Waals surface area contributed by atoms with Crippen molar-refractivity contribution in [3.63, 3.8) is 0 Å². The van der Waals surface area contributed by atoms with Crippen LogP contribution < -0.4 is 0 Å². The molecule has 2 fully saturated rings. The number of amides is 1. The highest BCUT2D eigenvalue weighted by Gasteiger charge is 2.26. The van der Waals surface area contributed by atoms with Gasteiger partial charge in [-0.25, -0.2) is 0 Å². The number of hydrogen-bond donors (Lipinski definition) is 0. The number of hydrogen-bond acceptors (Lipinski definition) is 3. The fourth-order valence-corrected chi connectivity index (χ4v) is 3.74. The predicted octanol–water partition coefficient (Wildman–Crippen LogP) is 2.96. The second-order valence-electron chi connectivity index (χ2n) is 8.44. The summed E-state index contributed by atoms with van der Waals surface area (Å²) in [5.41, 5.74) is 0.783. The lowest BCUT2D eigenvalue weighted by atomic mass is 10.1. The molecule has 1 aromatic heterocycles. The Labute approximate surface area is 151 Å². The Balaban J connectivity index is 1.63. The predicted molar refractivity (Wildman–Crippen MR) is 100.0 cm³/mol. The fraction of sp³-hybridized carbons (Fsp3) is 0.750. The van der Waals surface area contributed by atoms with E-state index in [-0.39, 0.29) is 17.6 Å². The largest absolute Gasteiger partial charge is 0.375 e. The summed E-state index contributed by atoms with van der Waals surface area (Å²) < 4.78 is 8.15. The zero-order valence-electron chi connectivity index (χ0n) is 16.0. The summed E-state index contributed by atoms with van der Waals surface area (Å²) in [6.45, 7) is 12.0. The minimum absolute atomic E-state index is 0.00275. The maximum Gasteiger partial charge on any atom is 0.255 e. The molecule has 0 saturated carbocycles. The normalized spacial score (nSPS) is 23.5. The lowest BCUT2D eigenvalue weighted by Crippen LogP contribution is -2.43. The molecule has 5 nitrogen and oxygen atoms in total. The molecule has 2 aliphatic heterocycles. The molecule has 0 unspecified atom stereocenters. The minimum Gasteiger partial charge on any atom is -0.375 e. The Bertz CT molecular complexity index is 570. The van der Waals surface area contributed by atoms with Crippen LogP contribution in [0.4, 0.5) is 0 Å². The van der Waals surface area contributed by atoms with Gasteiger partial charge in [-0.1, -0.05) is 6.42 Å². The second-order valence-corrected chi connectivity index (χ2v) is 8.44. The van der Waals surface area contributed by atoms with Gasteiger partial charge in [0.25, 0.3) is 5.91 Å². The van der Waals surface area contributed by atoms with Gasteiger partial charge in [0.1, 0.15) is 0 Å². The van der Waals surface area contributed by atoms with Crippen molar-refractivity contribution < 1.29 is 9.53 Å². The van der Waals surface area contributed by atoms with E-state index in [1.54, 1.807) is 0 Å². The molecular weight excluding hydrogens is 314 g/mol. The van der Waals surface area contributed by atoms with Gasteiger partial charge in [0, 0.05) is 44.2 Å². The Morgan fingerprint density at radius 1 is 1.16 bits per heavy atom. The van der Waals surface area contributed by atoms with Crippen molar-refractivity contribution in [3.05, 3.63) is 24.0 Å². The van der Waals surface area contributed by atoms with Gasteiger partial charge in [-0.05, 0) is 59.2 Å². The smallest absolute Gasteiger partial charge is 0.255 e. The van der Waals surface area contributed by atoms with Gasteiger partial charge in [0.15, 0.2) is 0 Å². The molecule has 2 saturated heterocycles. The lowest BCUT2D eigenvalue weighted by Gasteiger charge is -2.31. The van der Waals surface area contributed by atoms with Crippen molar-refractivity contribution in [1.29, 1.82) is 0 Å². The van der Waals surface area contributed by atoms with Crippen molar-refractivity contribution in [2.24, 2.45) is 0 Å². The molecule has 2 aliphatic rings. The van der Waals surface area contributed by atoms with Crippen LogP contribution in [0.1, 0.15) is 56.8 Å². The quantitative estimate of drug-likeness (QED) is 0.844. The summed E-state index contributed by atoms with van der Waals surface area (Å²) in [7, 11) is 0. The van der Waals surface area contributed by atoms with Crippen LogP contribution in [0, 0.1) is 0 Å². The molecule has 5 heteroatoms. The Morgan fingerprint density at radius 2 is 1.92 bits per heavy atom. The van der Waals surface area contributed by atoms with E-state index in [9.17, 15) is 4.79 Å². The van der Waals surface area contributed by atoms with Crippen molar-refractivity contribution in [2.75, 3.05) is 39.3 Å². The molecule has 0 aromatic carbocycles. The van der Waals surface area contributed by atoms with Crippen LogP contribution in [0.3, 0.4) is 0 Å². The molecular formula is C20H33N3O2. The van der Waals surface area contributed by atoms with Crippen LogP contribution >= 0.6 is 0 Å². The molecule has 0 N–H and O–H groups in total. The lowest BCUT2D eigenvalue weighted by molar-refractivity contribution is 0.0216. The van der Waals surface area contributed by atoms with Crippen molar-refractivity contribution in [1.82, 2.24) is 14.4 Å². The number of rotatable bonds is 3. The zero-order valence-corrected chi connectivity index (χ0v) is 16.0. The number of ether oxygens (including phenoxy) is 1. The fourth-order valence-electron chi connectivity index (χ4n) is 3.74. The maximum atomic E-state index is 13.0. The highest BCUT2D eigenvalue weighted by atomic mass is 16.5. The van der Waals surface area contributed by atoms with E-state index in [0.29, 0.717) is 6.54 Å². The van der Waals surface area contributed by atoms with E-state index < -0.39 is 0 Å². The molecule has 1 aromatic rings. The molecule has 0 spiro atoms. The summed E-state index contributed by atoms with van der Waals surface area (Å²) in [6, 6.07) is 1.94. The number of carbonyl (C=O) groups excluding carboxylic acids is 1. The third-order valence-corrected chi connectivity index (χ3v) is 5.26. The van der Waals surface area contributed by atoms with Crippen molar-refractivity contribution in [2.45, 2.75) is 58.1 Å². The highest BCUT2D eigenvalue weighted by molar-refractivity contribution is 5.94. The molecule has 3 heterocycles. The molecule has 140 valence electrons. The first-order chi connectivity index (χ1) is 11.9. The summed E-state index contributed by atoms with van der Waals surface area (Å²) in [6.07, 6.45) is 8.96. The van der Waals surface area contributed by atoms with Gasteiger partial charge < -0.3 is 19.1 Å². The summed E-state index contributed by atoms with van der Waals surface area (Å²) in [4.78, 5) is 17.5. The standard InChI is InChI=1S/C20H33N3O2/c1-20(2,3)23-12-8-17(14-23)19(24)22-11-7-13-25-18(16-22)15-21-9-5-4-6-10-21/h8,12,14,18H,4-7,9-11,13,15-16H2,1-3H3/t18-/m1/s1. The highest BCUT2D eigenvalue weighted by Crippen LogP contribution is 2.18. The van der Waals surface area contributed by atoms with Crippen LogP contribution in [-0.2, 0) is 10.3 Å². The summed E-state index contributed by atoms with van der Waals surface area (Å²) in [5, 5.41) is 0. The first kappa shape index (κ1) is 18.5. The molecule has 25 heavy (non-hydrogen) atoms. The van der Waals surface area contributed by atoms with Crippen LogP contribution in [0.15, 0.2) is 18.5 Å². The topological polar surface area (TPSA) is 37.7 Å². The van der Waals surface area contributed by atoms with Crippen molar-refractivity contribution >= 4 is 5.91 Å². The Kier molecular flexibility index (Phi) is 5.85.